The van der Waals surface area contributed by atoms with Gasteiger partial charge in [-0.3, -0.25) is 14.9 Å². The number of aryl methyl sites for hydroxylation is 1. The Balaban J connectivity index is 2.09. The monoisotopic (exact) mass is 271 g/mol. The van der Waals surface area contributed by atoms with Crippen molar-refractivity contribution in [1.29, 1.82) is 0 Å². The minimum atomic E-state index is -0.622. The van der Waals surface area contributed by atoms with Crippen molar-refractivity contribution in [1.82, 2.24) is 0 Å². The highest BCUT2D eigenvalue weighted by Gasteiger charge is 2.10. The summed E-state index contributed by atoms with van der Waals surface area (Å²) < 4.78 is 4.93. The van der Waals surface area contributed by atoms with Crippen LogP contribution in [0.5, 0.6) is 0 Å². The van der Waals surface area contributed by atoms with E-state index in [9.17, 15) is 14.9 Å². The fourth-order valence-electron chi connectivity index (χ4n) is 1.69. The number of ketones is 1. The molecule has 0 amide bonds. The predicted molar refractivity (Wildman–Crippen MR) is 74.5 cm³/mol. The van der Waals surface area contributed by atoms with E-state index in [1.165, 1.54) is 24.3 Å². The maximum Gasteiger partial charge on any atom is 0.433 e. The van der Waals surface area contributed by atoms with Crippen LogP contribution < -0.4 is 0 Å². The largest absolute Gasteiger partial charge is 0.433 e. The predicted octanol–water partition coefficient (Wildman–Crippen LogP) is 3.65. The lowest BCUT2D eigenvalue weighted by atomic mass is 10.1. The van der Waals surface area contributed by atoms with Crippen molar-refractivity contribution in [2.75, 3.05) is 0 Å². The Hall–Kier alpha value is -2.69. The van der Waals surface area contributed by atoms with Crippen LogP contribution in [0.4, 0.5) is 5.88 Å². The van der Waals surface area contributed by atoms with Crippen LogP contribution >= 0.6 is 0 Å². The molecule has 0 N–H and O–H groups in total. The third kappa shape index (κ3) is 3.20. The van der Waals surface area contributed by atoms with Crippen LogP contribution in [0.15, 0.2) is 46.9 Å². The quantitative estimate of drug-likeness (QED) is 0.360. The number of benzene rings is 1. The van der Waals surface area contributed by atoms with Crippen molar-refractivity contribution in [3.63, 3.8) is 0 Å². The van der Waals surface area contributed by atoms with Gasteiger partial charge in [-0.05, 0) is 30.2 Å². The number of nitro groups is 1. The highest BCUT2D eigenvalue weighted by atomic mass is 16.6. The third-order valence-corrected chi connectivity index (χ3v) is 2.84. The summed E-state index contributed by atoms with van der Waals surface area (Å²) >= 11 is 0. The van der Waals surface area contributed by atoms with Gasteiger partial charge >= 0.3 is 5.88 Å². The first kappa shape index (κ1) is 13.7. The van der Waals surface area contributed by atoms with Crippen LogP contribution in [-0.4, -0.2) is 10.7 Å². The second kappa shape index (κ2) is 5.97. The van der Waals surface area contributed by atoms with Crippen LogP contribution in [-0.2, 0) is 6.42 Å². The lowest BCUT2D eigenvalue weighted by molar-refractivity contribution is -0.402. The highest BCUT2D eigenvalue weighted by Crippen LogP contribution is 2.17. The van der Waals surface area contributed by atoms with Crippen molar-refractivity contribution in [2.45, 2.75) is 13.3 Å². The van der Waals surface area contributed by atoms with E-state index in [1.807, 2.05) is 19.1 Å². The number of hydrogen-bond acceptors (Lipinski definition) is 4. The maximum atomic E-state index is 11.9. The summed E-state index contributed by atoms with van der Waals surface area (Å²) in [7, 11) is 0. The Labute approximate surface area is 115 Å². The molecule has 5 nitrogen and oxygen atoms in total. The molecule has 102 valence electrons. The molecule has 0 saturated heterocycles. The van der Waals surface area contributed by atoms with Gasteiger partial charge in [0.15, 0.2) is 5.78 Å². The van der Waals surface area contributed by atoms with Crippen LogP contribution in [0, 0.1) is 10.1 Å². The zero-order valence-corrected chi connectivity index (χ0v) is 10.9. The van der Waals surface area contributed by atoms with Crippen molar-refractivity contribution in [3.05, 3.63) is 69.5 Å². The molecule has 1 aromatic heterocycles. The molecule has 0 saturated carbocycles. The van der Waals surface area contributed by atoms with E-state index in [0.29, 0.717) is 5.56 Å². The lowest BCUT2D eigenvalue weighted by Crippen LogP contribution is -1.94. The van der Waals surface area contributed by atoms with Gasteiger partial charge in [-0.1, -0.05) is 31.2 Å². The van der Waals surface area contributed by atoms with Gasteiger partial charge < -0.3 is 4.42 Å². The number of carbonyl (C=O) groups excluding carboxylic acids is 1. The molecule has 20 heavy (non-hydrogen) atoms. The minimum absolute atomic E-state index is 0.174. The van der Waals surface area contributed by atoms with Gasteiger partial charge in [0.05, 0.1) is 6.07 Å². The summed E-state index contributed by atoms with van der Waals surface area (Å²) in [5.41, 5.74) is 1.73. The fourth-order valence-corrected chi connectivity index (χ4v) is 1.69. The molecular weight excluding hydrogens is 258 g/mol. The Morgan fingerprint density at radius 2 is 1.95 bits per heavy atom. The normalized spacial score (nSPS) is 10.8. The standard InChI is InChI=1S/C15H13NO4/c1-2-11-3-5-12(6-4-11)14(17)9-7-13-8-10-15(20-13)16(18)19/h3-10H,2H2,1H3/b9-7+. The molecule has 0 atom stereocenters. The lowest BCUT2D eigenvalue weighted by Gasteiger charge is -1.98. The maximum absolute atomic E-state index is 11.9. The average Bonchev–Trinajstić information content (AvgIpc) is 2.94. The summed E-state index contributed by atoms with van der Waals surface area (Å²) in [5, 5.41) is 10.5. The Morgan fingerprint density at radius 1 is 1.25 bits per heavy atom. The van der Waals surface area contributed by atoms with Crippen molar-refractivity contribution < 1.29 is 14.1 Å². The molecular formula is C15H13NO4. The minimum Gasteiger partial charge on any atom is -0.401 e. The van der Waals surface area contributed by atoms with E-state index in [-0.39, 0.29) is 17.4 Å². The van der Waals surface area contributed by atoms with Crippen molar-refractivity contribution in [2.24, 2.45) is 0 Å². The first-order chi connectivity index (χ1) is 9.60. The summed E-state index contributed by atoms with van der Waals surface area (Å²) in [6.07, 6.45) is 3.67. The molecule has 0 aliphatic rings. The smallest absolute Gasteiger partial charge is 0.401 e. The van der Waals surface area contributed by atoms with E-state index in [4.69, 9.17) is 4.42 Å². The number of nitrogens with zero attached hydrogens (tertiary/aromatic N) is 1. The molecule has 0 radical (unpaired) electrons. The van der Waals surface area contributed by atoms with Crippen LogP contribution in [0.1, 0.15) is 28.6 Å². The van der Waals surface area contributed by atoms with Crippen molar-refractivity contribution >= 4 is 17.7 Å². The molecule has 0 fully saturated rings. The molecule has 0 unspecified atom stereocenters. The highest BCUT2D eigenvalue weighted by molar-refractivity contribution is 6.06. The van der Waals surface area contributed by atoms with E-state index >= 15 is 0 Å². The number of allylic oxidation sites excluding steroid dienone is 1. The SMILES string of the molecule is CCc1ccc(C(=O)/C=C/c2ccc([N+](=O)[O-])o2)cc1. The average molecular weight is 271 g/mol. The molecule has 5 heteroatoms. The number of rotatable bonds is 5. The van der Waals surface area contributed by atoms with E-state index < -0.39 is 4.92 Å². The zero-order valence-electron chi connectivity index (χ0n) is 10.9. The van der Waals surface area contributed by atoms with Crippen molar-refractivity contribution in [3.8, 4) is 0 Å². The molecule has 0 spiro atoms. The number of hydrogen-bond donors (Lipinski definition) is 0. The molecule has 2 aromatic rings. The third-order valence-electron chi connectivity index (χ3n) is 2.84. The molecule has 0 aliphatic carbocycles. The van der Waals surface area contributed by atoms with Crippen LogP contribution in [0.25, 0.3) is 6.08 Å². The van der Waals surface area contributed by atoms with Crippen LogP contribution in [0.2, 0.25) is 0 Å². The molecule has 0 aliphatic heterocycles. The number of carbonyl (C=O) groups is 1. The Kier molecular flexibility index (Phi) is 4.10. The first-order valence-corrected chi connectivity index (χ1v) is 6.15. The van der Waals surface area contributed by atoms with E-state index in [1.54, 1.807) is 12.1 Å². The zero-order chi connectivity index (χ0) is 14.5. The van der Waals surface area contributed by atoms with Gasteiger partial charge in [0, 0.05) is 5.56 Å². The van der Waals surface area contributed by atoms with E-state index in [2.05, 4.69) is 0 Å². The van der Waals surface area contributed by atoms with Crippen LogP contribution in [0.3, 0.4) is 0 Å². The fraction of sp³-hybridized carbons (Fsp3) is 0.133. The molecule has 1 aromatic carbocycles. The Morgan fingerprint density at radius 3 is 2.50 bits per heavy atom. The second-order valence-corrected chi connectivity index (χ2v) is 4.18. The summed E-state index contributed by atoms with van der Waals surface area (Å²) in [5.74, 6) is -0.244. The topological polar surface area (TPSA) is 73.3 Å². The van der Waals surface area contributed by atoms with Gasteiger partial charge in [0.2, 0.25) is 0 Å². The van der Waals surface area contributed by atoms with Gasteiger partial charge in [0.25, 0.3) is 0 Å². The van der Waals surface area contributed by atoms with Gasteiger partial charge in [-0.25, -0.2) is 0 Å². The first-order valence-electron chi connectivity index (χ1n) is 6.15. The van der Waals surface area contributed by atoms with Gasteiger partial charge in [-0.15, -0.1) is 0 Å². The molecule has 2 rings (SSSR count). The molecule has 1 heterocycles. The summed E-state index contributed by atoms with van der Waals surface area (Å²) in [6.45, 7) is 2.04. The van der Waals surface area contributed by atoms with Gasteiger partial charge in [0.1, 0.15) is 10.7 Å². The number of furan rings is 1. The molecule has 0 bridgehead atoms. The van der Waals surface area contributed by atoms with Gasteiger partial charge in [-0.2, -0.15) is 0 Å². The second-order valence-electron chi connectivity index (χ2n) is 4.18. The Bertz CT molecular complexity index is 653. The summed E-state index contributed by atoms with van der Waals surface area (Å²) in [6, 6.07) is 10.0. The van der Waals surface area contributed by atoms with E-state index in [0.717, 1.165) is 12.0 Å². The summed E-state index contributed by atoms with van der Waals surface area (Å²) in [4.78, 5) is 21.7.